The maximum absolute atomic E-state index is 5.89. The minimum atomic E-state index is 0.605. The van der Waals surface area contributed by atoms with Crippen LogP contribution in [-0.2, 0) is 0 Å². The third kappa shape index (κ3) is 2.73. The smallest absolute Gasteiger partial charge is 0.137 e. The van der Waals surface area contributed by atoms with E-state index < -0.39 is 0 Å². The molecule has 0 amide bonds. The molecule has 1 aromatic heterocycles. The van der Waals surface area contributed by atoms with Gasteiger partial charge in [-0.05, 0) is 45.7 Å². The van der Waals surface area contributed by atoms with Crippen LogP contribution in [0.4, 0.5) is 11.6 Å². The van der Waals surface area contributed by atoms with Crippen molar-refractivity contribution in [2.24, 2.45) is 0 Å². The molecule has 5 nitrogen and oxygen atoms in total. The monoisotopic (exact) mass is 275 g/mol. The molecule has 2 N–H and O–H groups in total. The molecule has 0 radical (unpaired) electrons. The predicted molar refractivity (Wildman–Crippen MR) is 81.8 cm³/mol. The van der Waals surface area contributed by atoms with Crippen molar-refractivity contribution in [2.75, 3.05) is 36.8 Å². The Morgan fingerprint density at radius 2 is 1.75 bits per heavy atom. The lowest BCUT2D eigenvalue weighted by atomic mass is 9.99. The Labute approximate surface area is 121 Å². The summed E-state index contributed by atoms with van der Waals surface area (Å²) in [6, 6.07) is 0.769. The summed E-state index contributed by atoms with van der Waals surface area (Å²) in [6.07, 6.45) is 8.22. The summed E-state index contributed by atoms with van der Waals surface area (Å²) >= 11 is 0. The van der Waals surface area contributed by atoms with Gasteiger partial charge < -0.3 is 15.5 Å². The van der Waals surface area contributed by atoms with Crippen molar-refractivity contribution in [3.63, 3.8) is 0 Å². The first-order valence-electron chi connectivity index (χ1n) is 7.82. The highest BCUT2D eigenvalue weighted by atomic mass is 15.2. The maximum atomic E-state index is 5.89. The summed E-state index contributed by atoms with van der Waals surface area (Å²) in [6.45, 7) is 6.77. The molecule has 0 atom stereocenters. The van der Waals surface area contributed by atoms with Crippen LogP contribution >= 0.6 is 0 Å². The minimum Gasteiger partial charge on any atom is -0.383 e. The number of rotatable bonds is 2. The van der Waals surface area contributed by atoms with Crippen LogP contribution in [-0.4, -0.2) is 47.1 Å². The first kappa shape index (κ1) is 13.6. The van der Waals surface area contributed by atoms with E-state index in [2.05, 4.69) is 19.8 Å². The van der Waals surface area contributed by atoms with E-state index in [0.717, 1.165) is 30.5 Å². The van der Waals surface area contributed by atoms with E-state index in [1.807, 2.05) is 6.92 Å². The Kier molecular flexibility index (Phi) is 4.05. The van der Waals surface area contributed by atoms with Crippen molar-refractivity contribution in [1.82, 2.24) is 14.9 Å². The number of piperidine rings is 2. The van der Waals surface area contributed by atoms with Crippen LogP contribution in [0.25, 0.3) is 0 Å². The lowest BCUT2D eigenvalue weighted by Gasteiger charge is -2.40. The van der Waals surface area contributed by atoms with Crippen molar-refractivity contribution in [3.05, 3.63) is 11.9 Å². The number of hydrogen-bond acceptors (Lipinski definition) is 5. The summed E-state index contributed by atoms with van der Waals surface area (Å²) in [5, 5.41) is 0. The van der Waals surface area contributed by atoms with Gasteiger partial charge >= 0.3 is 0 Å². The van der Waals surface area contributed by atoms with Gasteiger partial charge in [-0.1, -0.05) is 6.42 Å². The highest BCUT2D eigenvalue weighted by molar-refractivity contribution is 5.55. The second kappa shape index (κ2) is 5.95. The van der Waals surface area contributed by atoms with Crippen LogP contribution < -0.4 is 10.6 Å². The van der Waals surface area contributed by atoms with Crippen LogP contribution in [0, 0.1) is 6.92 Å². The Bertz CT molecular complexity index is 448. The van der Waals surface area contributed by atoms with E-state index in [1.165, 1.54) is 45.2 Å². The van der Waals surface area contributed by atoms with Gasteiger partial charge in [0.2, 0.25) is 0 Å². The normalized spacial score (nSPS) is 22.1. The van der Waals surface area contributed by atoms with Gasteiger partial charge in [0.1, 0.15) is 18.0 Å². The first-order valence-corrected chi connectivity index (χ1v) is 7.82. The van der Waals surface area contributed by atoms with Gasteiger partial charge in [0.25, 0.3) is 0 Å². The van der Waals surface area contributed by atoms with E-state index in [9.17, 15) is 0 Å². The summed E-state index contributed by atoms with van der Waals surface area (Å²) < 4.78 is 0. The quantitative estimate of drug-likeness (QED) is 0.892. The van der Waals surface area contributed by atoms with Gasteiger partial charge in [-0.2, -0.15) is 0 Å². The number of nitrogen functional groups attached to an aromatic ring is 1. The summed E-state index contributed by atoms with van der Waals surface area (Å²) in [4.78, 5) is 13.5. The molecule has 2 fully saturated rings. The fourth-order valence-corrected chi connectivity index (χ4v) is 3.50. The lowest BCUT2D eigenvalue weighted by molar-refractivity contribution is 0.141. The second-order valence-corrected chi connectivity index (χ2v) is 6.02. The fraction of sp³-hybridized carbons (Fsp3) is 0.733. The largest absolute Gasteiger partial charge is 0.383 e. The van der Waals surface area contributed by atoms with Crippen LogP contribution in [0.1, 0.15) is 37.7 Å². The van der Waals surface area contributed by atoms with E-state index in [-0.39, 0.29) is 0 Å². The Morgan fingerprint density at radius 3 is 2.45 bits per heavy atom. The third-order valence-corrected chi connectivity index (χ3v) is 4.77. The second-order valence-electron chi connectivity index (χ2n) is 6.02. The topological polar surface area (TPSA) is 58.3 Å². The molecule has 110 valence electrons. The van der Waals surface area contributed by atoms with Gasteiger partial charge in [0.05, 0.1) is 0 Å². The van der Waals surface area contributed by atoms with Crippen molar-refractivity contribution in [1.29, 1.82) is 0 Å². The molecule has 2 saturated heterocycles. The molecule has 0 saturated carbocycles. The van der Waals surface area contributed by atoms with Crippen molar-refractivity contribution in [2.45, 2.75) is 45.1 Å². The zero-order valence-electron chi connectivity index (χ0n) is 12.4. The third-order valence-electron chi connectivity index (χ3n) is 4.77. The molecule has 1 aromatic rings. The SMILES string of the molecule is Cc1c(N)ncnc1N1CCC(N2CCCCC2)CC1. The zero-order valence-corrected chi connectivity index (χ0v) is 12.4. The molecular weight excluding hydrogens is 250 g/mol. The molecule has 0 aliphatic carbocycles. The number of nitrogens with two attached hydrogens (primary N) is 1. The van der Waals surface area contributed by atoms with Gasteiger partial charge in [-0.15, -0.1) is 0 Å². The van der Waals surface area contributed by atoms with E-state index in [4.69, 9.17) is 5.73 Å². The van der Waals surface area contributed by atoms with Gasteiger partial charge in [0, 0.05) is 24.7 Å². The van der Waals surface area contributed by atoms with Crippen molar-refractivity contribution < 1.29 is 0 Å². The number of aromatic nitrogens is 2. The highest BCUT2D eigenvalue weighted by Gasteiger charge is 2.26. The lowest BCUT2D eigenvalue weighted by Crippen LogP contribution is -2.47. The molecule has 0 spiro atoms. The van der Waals surface area contributed by atoms with Crippen molar-refractivity contribution in [3.8, 4) is 0 Å². The average molecular weight is 275 g/mol. The zero-order chi connectivity index (χ0) is 13.9. The molecule has 0 aromatic carbocycles. The standard InChI is InChI=1S/C15H25N5/c1-12-14(16)17-11-18-15(12)20-9-5-13(6-10-20)19-7-3-2-4-8-19/h11,13H,2-10H2,1H3,(H2,16,17,18). The summed E-state index contributed by atoms with van der Waals surface area (Å²) in [5.74, 6) is 1.63. The number of likely N-dealkylation sites (tertiary alicyclic amines) is 1. The molecule has 20 heavy (non-hydrogen) atoms. The molecule has 3 rings (SSSR count). The predicted octanol–water partition coefficient (Wildman–Crippen LogP) is 1.82. The number of anilines is 2. The van der Waals surface area contributed by atoms with Gasteiger partial charge in [0.15, 0.2) is 0 Å². The fourth-order valence-electron chi connectivity index (χ4n) is 3.50. The molecule has 5 heteroatoms. The van der Waals surface area contributed by atoms with Crippen LogP contribution in [0.15, 0.2) is 6.33 Å². The molecule has 0 unspecified atom stereocenters. The van der Waals surface area contributed by atoms with Gasteiger partial charge in [-0.3, -0.25) is 0 Å². The van der Waals surface area contributed by atoms with E-state index in [1.54, 1.807) is 6.33 Å². The minimum absolute atomic E-state index is 0.605. The average Bonchev–Trinajstić information content (AvgIpc) is 2.51. The Morgan fingerprint density at radius 1 is 1.05 bits per heavy atom. The summed E-state index contributed by atoms with van der Waals surface area (Å²) in [5.41, 5.74) is 6.90. The Hall–Kier alpha value is -1.36. The maximum Gasteiger partial charge on any atom is 0.137 e. The van der Waals surface area contributed by atoms with Crippen LogP contribution in [0.5, 0.6) is 0 Å². The van der Waals surface area contributed by atoms with Crippen LogP contribution in [0.2, 0.25) is 0 Å². The molecule has 2 aliphatic heterocycles. The van der Waals surface area contributed by atoms with Gasteiger partial charge in [-0.25, -0.2) is 9.97 Å². The number of nitrogens with zero attached hydrogens (tertiary/aromatic N) is 4. The molecule has 2 aliphatic rings. The Balaban J connectivity index is 1.62. The highest BCUT2D eigenvalue weighted by Crippen LogP contribution is 2.26. The molecular formula is C15H25N5. The van der Waals surface area contributed by atoms with Crippen molar-refractivity contribution >= 4 is 11.6 Å². The molecule has 3 heterocycles. The molecule has 0 bridgehead atoms. The first-order chi connectivity index (χ1) is 9.75. The van der Waals surface area contributed by atoms with E-state index in [0.29, 0.717) is 5.82 Å². The van der Waals surface area contributed by atoms with Crippen LogP contribution in [0.3, 0.4) is 0 Å². The summed E-state index contributed by atoms with van der Waals surface area (Å²) in [7, 11) is 0. The number of hydrogen-bond donors (Lipinski definition) is 1. The van der Waals surface area contributed by atoms with E-state index >= 15 is 0 Å².